The van der Waals surface area contributed by atoms with Gasteiger partial charge in [-0.15, -0.1) is 11.3 Å². The van der Waals surface area contributed by atoms with Gasteiger partial charge in [-0.3, -0.25) is 14.2 Å². The zero-order chi connectivity index (χ0) is 19.6. The predicted octanol–water partition coefficient (Wildman–Crippen LogP) is 2.18. The van der Waals surface area contributed by atoms with Gasteiger partial charge in [0.15, 0.2) is 0 Å². The molecular weight excluding hydrogens is 382 g/mol. The Hall–Kier alpha value is -3.27. The van der Waals surface area contributed by atoms with Crippen LogP contribution in [0.1, 0.15) is 45.0 Å². The lowest BCUT2D eigenvalue weighted by Crippen LogP contribution is -2.52. The Bertz CT molecular complexity index is 1240. The van der Waals surface area contributed by atoms with Crippen molar-refractivity contribution in [3.63, 3.8) is 0 Å². The fourth-order valence-electron chi connectivity index (χ4n) is 3.90. The third-order valence-electron chi connectivity index (χ3n) is 5.35. The van der Waals surface area contributed by atoms with Gasteiger partial charge in [-0.1, -0.05) is 0 Å². The van der Waals surface area contributed by atoms with Crippen molar-refractivity contribution in [1.82, 2.24) is 19.9 Å². The summed E-state index contributed by atoms with van der Waals surface area (Å²) in [5.74, 6) is -0.918. The van der Waals surface area contributed by atoms with Crippen LogP contribution in [0.3, 0.4) is 0 Å². The number of thiophene rings is 1. The third kappa shape index (κ3) is 2.21. The van der Waals surface area contributed by atoms with Crippen molar-refractivity contribution >= 4 is 44.9 Å². The highest BCUT2D eigenvalue weighted by molar-refractivity contribution is 7.20. The molecule has 0 bridgehead atoms. The molecular formula is C18H15N5O4S. The summed E-state index contributed by atoms with van der Waals surface area (Å²) in [4.78, 5) is 45.8. The number of fused-ring (bicyclic) bond motifs is 3. The van der Waals surface area contributed by atoms with E-state index in [1.54, 1.807) is 17.6 Å². The molecule has 1 aliphatic carbocycles. The van der Waals surface area contributed by atoms with Gasteiger partial charge in [-0.25, -0.2) is 14.8 Å². The molecule has 0 unspecified atom stereocenters. The van der Waals surface area contributed by atoms with Crippen LogP contribution >= 0.6 is 11.3 Å². The maximum atomic E-state index is 13.2. The van der Waals surface area contributed by atoms with E-state index in [4.69, 9.17) is 0 Å². The van der Waals surface area contributed by atoms with Crippen LogP contribution in [0.25, 0.3) is 10.2 Å². The molecule has 10 heteroatoms. The molecule has 4 heterocycles. The molecule has 0 aromatic carbocycles. The largest absolute Gasteiger partial charge is 0.477 e. The summed E-state index contributed by atoms with van der Waals surface area (Å²) >= 11 is 1.04. The Kier molecular flexibility index (Phi) is 3.38. The van der Waals surface area contributed by atoms with E-state index in [0.717, 1.165) is 30.6 Å². The van der Waals surface area contributed by atoms with Gasteiger partial charge in [-0.05, 0) is 43.9 Å². The highest BCUT2D eigenvalue weighted by Crippen LogP contribution is 2.41. The van der Waals surface area contributed by atoms with Crippen LogP contribution in [-0.2, 0) is 5.66 Å². The average molecular weight is 397 g/mol. The Morgan fingerprint density at radius 2 is 2.11 bits per heavy atom. The van der Waals surface area contributed by atoms with Gasteiger partial charge in [0.25, 0.3) is 11.5 Å². The summed E-state index contributed by atoms with van der Waals surface area (Å²) < 4.78 is 1.56. The highest BCUT2D eigenvalue weighted by Gasteiger charge is 2.48. The predicted molar refractivity (Wildman–Crippen MR) is 102 cm³/mol. The summed E-state index contributed by atoms with van der Waals surface area (Å²) in [7, 11) is 0. The Morgan fingerprint density at radius 1 is 1.32 bits per heavy atom. The van der Waals surface area contributed by atoms with Crippen LogP contribution < -0.4 is 16.2 Å². The van der Waals surface area contributed by atoms with E-state index < -0.39 is 11.6 Å². The topological polar surface area (TPSA) is 126 Å². The summed E-state index contributed by atoms with van der Waals surface area (Å²) in [6, 6.07) is 3.12. The molecule has 142 valence electrons. The number of carbonyl (C=O) groups excluding carboxylic acids is 1. The second-order valence-corrected chi connectivity index (χ2v) is 8.08. The molecule has 3 aromatic heterocycles. The van der Waals surface area contributed by atoms with Gasteiger partial charge >= 0.3 is 5.97 Å². The molecule has 9 nitrogen and oxygen atoms in total. The van der Waals surface area contributed by atoms with Crippen LogP contribution in [0.5, 0.6) is 0 Å². The zero-order valence-corrected chi connectivity index (χ0v) is 15.6. The van der Waals surface area contributed by atoms with E-state index in [9.17, 15) is 19.5 Å². The van der Waals surface area contributed by atoms with Crippen LogP contribution in [0, 0.1) is 6.92 Å². The lowest BCUT2D eigenvalue weighted by atomic mass is 9.85. The standard InChI is InChI=1S/C18H15N5O4S/c1-8-5-10(16(25)23-12(8)14(24)22-18(23)3-2-4-18)21-13-9-6-11(17(26)27)28-15(9)20-7-19-13/h5-7H,2-4H2,1H3,(H,22,24)(H,26,27)(H,19,20,21). The zero-order valence-electron chi connectivity index (χ0n) is 14.8. The maximum Gasteiger partial charge on any atom is 0.345 e. The number of rotatable bonds is 3. The maximum absolute atomic E-state index is 13.2. The van der Waals surface area contributed by atoms with Crippen molar-refractivity contribution in [1.29, 1.82) is 0 Å². The Labute approximate surface area is 162 Å². The number of carboxylic acids is 1. The molecule has 1 spiro atoms. The molecule has 5 rings (SSSR count). The molecule has 1 saturated carbocycles. The minimum absolute atomic E-state index is 0.142. The Morgan fingerprint density at radius 3 is 2.79 bits per heavy atom. The third-order valence-corrected chi connectivity index (χ3v) is 6.39. The summed E-state index contributed by atoms with van der Waals surface area (Å²) in [5, 5.41) is 15.7. The van der Waals surface area contributed by atoms with Crippen LogP contribution in [0.15, 0.2) is 23.3 Å². The normalized spacial score (nSPS) is 16.7. The van der Waals surface area contributed by atoms with E-state index >= 15 is 0 Å². The molecule has 1 amide bonds. The molecule has 28 heavy (non-hydrogen) atoms. The number of aromatic carboxylic acids is 1. The van der Waals surface area contributed by atoms with Crippen molar-refractivity contribution < 1.29 is 14.7 Å². The lowest BCUT2D eigenvalue weighted by Gasteiger charge is -2.39. The number of hydrogen-bond donors (Lipinski definition) is 3. The van der Waals surface area contributed by atoms with E-state index in [1.807, 2.05) is 0 Å². The molecule has 0 saturated heterocycles. The van der Waals surface area contributed by atoms with E-state index in [2.05, 4.69) is 20.6 Å². The van der Waals surface area contributed by atoms with Gasteiger partial charge in [0, 0.05) is 0 Å². The van der Waals surface area contributed by atoms with Gasteiger partial charge in [0.05, 0.1) is 5.39 Å². The number of aryl methyl sites for hydroxylation is 1. The van der Waals surface area contributed by atoms with Crippen LogP contribution in [0.4, 0.5) is 11.5 Å². The number of nitrogens with one attached hydrogen (secondary N) is 2. The van der Waals surface area contributed by atoms with Crippen LogP contribution in [-0.4, -0.2) is 31.5 Å². The van der Waals surface area contributed by atoms with Crippen molar-refractivity contribution in [3.05, 3.63) is 44.9 Å². The minimum Gasteiger partial charge on any atom is -0.477 e. The summed E-state index contributed by atoms with van der Waals surface area (Å²) in [5.41, 5.74) is 0.425. The fraction of sp³-hybridized carbons (Fsp3) is 0.278. The van der Waals surface area contributed by atoms with Crippen molar-refractivity contribution in [3.8, 4) is 0 Å². The summed E-state index contributed by atoms with van der Waals surface area (Å²) in [6.07, 6.45) is 3.71. The highest BCUT2D eigenvalue weighted by atomic mass is 32.1. The average Bonchev–Trinajstić information content (AvgIpc) is 3.19. The van der Waals surface area contributed by atoms with Gasteiger partial charge < -0.3 is 15.7 Å². The van der Waals surface area contributed by atoms with Crippen LogP contribution in [0.2, 0.25) is 0 Å². The number of carbonyl (C=O) groups is 2. The first kappa shape index (κ1) is 16.9. The number of hydrogen-bond acceptors (Lipinski definition) is 7. The second kappa shape index (κ2) is 5.61. The first-order chi connectivity index (χ1) is 13.4. The molecule has 2 aliphatic rings. The summed E-state index contributed by atoms with van der Waals surface area (Å²) in [6.45, 7) is 1.79. The lowest BCUT2D eigenvalue weighted by molar-refractivity contribution is 0.0701. The molecule has 3 aromatic rings. The van der Waals surface area contributed by atoms with Gasteiger partial charge in [0.2, 0.25) is 0 Å². The van der Waals surface area contributed by atoms with Gasteiger partial charge in [0.1, 0.15) is 38.9 Å². The first-order valence-corrected chi connectivity index (χ1v) is 9.56. The minimum atomic E-state index is -1.04. The van der Waals surface area contributed by atoms with E-state index in [0.29, 0.717) is 27.3 Å². The van der Waals surface area contributed by atoms with Crippen molar-refractivity contribution in [2.75, 3.05) is 5.32 Å². The number of aromatic nitrogens is 3. The smallest absolute Gasteiger partial charge is 0.345 e. The molecule has 0 atom stereocenters. The number of pyridine rings is 1. The monoisotopic (exact) mass is 397 g/mol. The number of amides is 1. The fourth-order valence-corrected chi connectivity index (χ4v) is 4.74. The molecule has 0 radical (unpaired) electrons. The Balaban J connectivity index is 1.65. The van der Waals surface area contributed by atoms with E-state index in [1.165, 1.54) is 12.4 Å². The quantitative estimate of drug-likeness (QED) is 0.618. The van der Waals surface area contributed by atoms with E-state index in [-0.39, 0.29) is 22.0 Å². The molecule has 1 fully saturated rings. The van der Waals surface area contributed by atoms with Gasteiger partial charge in [-0.2, -0.15) is 0 Å². The van der Waals surface area contributed by atoms with Crippen molar-refractivity contribution in [2.45, 2.75) is 31.8 Å². The first-order valence-electron chi connectivity index (χ1n) is 8.74. The second-order valence-electron chi connectivity index (χ2n) is 7.05. The number of nitrogens with zero attached hydrogens (tertiary/aromatic N) is 3. The number of anilines is 2. The SMILES string of the molecule is Cc1cc(Nc2ncnc3sc(C(=O)O)cc23)c(=O)n2c1C(=O)NC21CCC1. The molecule has 1 aliphatic heterocycles. The van der Waals surface area contributed by atoms with Crippen molar-refractivity contribution in [2.24, 2.45) is 0 Å². The molecule has 3 N–H and O–H groups in total. The number of carboxylic acid groups (broad SMARTS) is 1.